The molecule has 0 bridgehead atoms. The van der Waals surface area contributed by atoms with Gasteiger partial charge >= 0.3 is 5.97 Å². The highest BCUT2D eigenvalue weighted by Gasteiger charge is 2.17. The number of carboxylic acid groups (broad SMARTS) is 1. The summed E-state index contributed by atoms with van der Waals surface area (Å²) in [6.07, 6.45) is 0. The molecule has 1 aromatic carbocycles. The standard InChI is InChI=1S/C8H3F2NO2/c9-6-2-1-4(8(12)13)7(10)5(6)3-11/h1-2H,(H,12,13). The van der Waals surface area contributed by atoms with Crippen LogP contribution in [0, 0.1) is 23.0 Å². The van der Waals surface area contributed by atoms with Gasteiger partial charge in [-0.15, -0.1) is 0 Å². The molecule has 0 radical (unpaired) electrons. The molecule has 0 amide bonds. The second kappa shape index (κ2) is 3.19. The lowest BCUT2D eigenvalue weighted by atomic mass is 10.1. The van der Waals surface area contributed by atoms with E-state index in [0.29, 0.717) is 0 Å². The summed E-state index contributed by atoms with van der Waals surface area (Å²) in [5.74, 6) is -3.94. The number of rotatable bonds is 1. The van der Waals surface area contributed by atoms with E-state index in [1.54, 1.807) is 0 Å². The number of hydrogen-bond donors (Lipinski definition) is 1. The van der Waals surface area contributed by atoms with Crippen LogP contribution in [-0.4, -0.2) is 11.1 Å². The smallest absolute Gasteiger partial charge is 0.338 e. The van der Waals surface area contributed by atoms with Crippen molar-refractivity contribution in [3.63, 3.8) is 0 Å². The normalized spacial score (nSPS) is 9.31. The molecule has 5 heteroatoms. The topological polar surface area (TPSA) is 61.1 Å². The number of carboxylic acids is 1. The third-order valence-electron chi connectivity index (χ3n) is 1.43. The number of halogens is 2. The van der Waals surface area contributed by atoms with E-state index in [1.165, 1.54) is 6.07 Å². The quantitative estimate of drug-likeness (QED) is 0.718. The predicted molar refractivity (Wildman–Crippen MR) is 38.0 cm³/mol. The third-order valence-corrected chi connectivity index (χ3v) is 1.43. The Hall–Kier alpha value is -1.96. The summed E-state index contributed by atoms with van der Waals surface area (Å²) >= 11 is 0. The molecule has 0 saturated heterocycles. The van der Waals surface area contributed by atoms with Gasteiger partial charge in [-0.3, -0.25) is 0 Å². The molecule has 0 aliphatic heterocycles. The maximum atomic E-state index is 12.9. The van der Waals surface area contributed by atoms with Crippen LogP contribution in [0.15, 0.2) is 12.1 Å². The highest BCUT2D eigenvalue weighted by atomic mass is 19.1. The molecule has 1 N–H and O–H groups in total. The molecule has 0 unspecified atom stereocenters. The van der Waals surface area contributed by atoms with E-state index in [2.05, 4.69) is 0 Å². The van der Waals surface area contributed by atoms with Gasteiger partial charge < -0.3 is 5.11 Å². The maximum Gasteiger partial charge on any atom is 0.338 e. The fourth-order valence-corrected chi connectivity index (χ4v) is 0.820. The zero-order valence-corrected chi connectivity index (χ0v) is 6.21. The number of carbonyl (C=O) groups is 1. The fraction of sp³-hybridized carbons (Fsp3) is 0. The van der Waals surface area contributed by atoms with Crippen LogP contribution < -0.4 is 0 Å². The Morgan fingerprint density at radius 2 is 2.08 bits per heavy atom. The number of aromatic carboxylic acids is 1. The van der Waals surface area contributed by atoms with E-state index in [9.17, 15) is 13.6 Å². The first-order valence-electron chi connectivity index (χ1n) is 3.19. The molecule has 0 aliphatic carbocycles. The van der Waals surface area contributed by atoms with Crippen LogP contribution in [0.1, 0.15) is 15.9 Å². The van der Waals surface area contributed by atoms with Gasteiger partial charge in [-0.05, 0) is 12.1 Å². The molecule has 0 saturated carbocycles. The van der Waals surface area contributed by atoms with Gasteiger partial charge in [0, 0.05) is 0 Å². The summed E-state index contributed by atoms with van der Waals surface area (Å²) in [6, 6.07) is 2.76. The monoisotopic (exact) mass is 183 g/mol. The summed E-state index contributed by atoms with van der Waals surface area (Å²) in [4.78, 5) is 10.3. The van der Waals surface area contributed by atoms with Crippen LogP contribution in [0.25, 0.3) is 0 Å². The molecule has 13 heavy (non-hydrogen) atoms. The molecule has 0 aliphatic rings. The molecule has 0 aromatic heterocycles. The van der Waals surface area contributed by atoms with Crippen molar-refractivity contribution in [3.8, 4) is 6.07 Å². The Labute approximate surface area is 71.8 Å². The Bertz CT molecular complexity index is 409. The lowest BCUT2D eigenvalue weighted by Gasteiger charge is -1.99. The van der Waals surface area contributed by atoms with Crippen LogP contribution in [0.4, 0.5) is 8.78 Å². The number of nitriles is 1. The Balaban J connectivity index is 3.47. The molecule has 0 spiro atoms. The van der Waals surface area contributed by atoms with E-state index >= 15 is 0 Å². The van der Waals surface area contributed by atoms with Gasteiger partial charge in [0.05, 0.1) is 5.56 Å². The first-order chi connectivity index (χ1) is 6.07. The first-order valence-corrected chi connectivity index (χ1v) is 3.19. The second-order valence-corrected chi connectivity index (χ2v) is 2.20. The number of benzene rings is 1. The van der Waals surface area contributed by atoms with E-state index < -0.39 is 28.7 Å². The zero-order chi connectivity index (χ0) is 10.0. The van der Waals surface area contributed by atoms with Gasteiger partial charge in [0.1, 0.15) is 17.4 Å². The summed E-state index contributed by atoms with van der Waals surface area (Å²) in [7, 11) is 0. The Morgan fingerprint density at radius 1 is 1.46 bits per heavy atom. The van der Waals surface area contributed by atoms with Gasteiger partial charge in [0.25, 0.3) is 0 Å². The van der Waals surface area contributed by atoms with Crippen molar-refractivity contribution in [1.82, 2.24) is 0 Å². The van der Waals surface area contributed by atoms with Crippen molar-refractivity contribution < 1.29 is 18.7 Å². The molecule has 1 aromatic rings. The van der Waals surface area contributed by atoms with Crippen molar-refractivity contribution in [2.24, 2.45) is 0 Å². The zero-order valence-electron chi connectivity index (χ0n) is 6.21. The predicted octanol–water partition coefficient (Wildman–Crippen LogP) is 1.53. The molecule has 66 valence electrons. The fourth-order valence-electron chi connectivity index (χ4n) is 0.820. The van der Waals surface area contributed by atoms with E-state index in [4.69, 9.17) is 10.4 Å². The van der Waals surface area contributed by atoms with Gasteiger partial charge in [0.15, 0.2) is 5.82 Å². The summed E-state index contributed by atoms with van der Waals surface area (Å²) < 4.78 is 25.6. The molecule has 0 fully saturated rings. The molecular weight excluding hydrogens is 180 g/mol. The van der Waals surface area contributed by atoms with Crippen molar-refractivity contribution in [2.45, 2.75) is 0 Å². The first kappa shape index (κ1) is 9.13. The molecule has 1 rings (SSSR count). The van der Waals surface area contributed by atoms with Crippen molar-refractivity contribution in [1.29, 1.82) is 5.26 Å². The second-order valence-electron chi connectivity index (χ2n) is 2.20. The molecule has 0 atom stereocenters. The van der Waals surface area contributed by atoms with Crippen LogP contribution >= 0.6 is 0 Å². The Morgan fingerprint density at radius 3 is 2.54 bits per heavy atom. The lowest BCUT2D eigenvalue weighted by Crippen LogP contribution is -2.03. The van der Waals surface area contributed by atoms with Crippen LogP contribution in [0.2, 0.25) is 0 Å². The highest BCUT2D eigenvalue weighted by molar-refractivity contribution is 5.88. The third kappa shape index (κ3) is 1.47. The van der Waals surface area contributed by atoms with Crippen molar-refractivity contribution >= 4 is 5.97 Å². The summed E-state index contributed by atoms with van der Waals surface area (Å²) in [5, 5.41) is 16.7. The van der Waals surface area contributed by atoms with E-state index in [0.717, 1.165) is 12.1 Å². The lowest BCUT2D eigenvalue weighted by molar-refractivity contribution is 0.0691. The Kier molecular flexibility index (Phi) is 2.24. The average molecular weight is 183 g/mol. The SMILES string of the molecule is N#Cc1c(F)ccc(C(=O)O)c1F. The minimum atomic E-state index is -1.53. The van der Waals surface area contributed by atoms with Gasteiger partial charge in [-0.25, -0.2) is 13.6 Å². The minimum Gasteiger partial charge on any atom is -0.478 e. The van der Waals surface area contributed by atoms with E-state index in [1.807, 2.05) is 0 Å². The highest BCUT2D eigenvalue weighted by Crippen LogP contribution is 2.15. The average Bonchev–Trinajstić information content (AvgIpc) is 2.04. The number of hydrogen-bond acceptors (Lipinski definition) is 2. The minimum absolute atomic E-state index is 0.710. The summed E-state index contributed by atoms with van der Waals surface area (Å²) in [6.45, 7) is 0. The van der Waals surface area contributed by atoms with Gasteiger partial charge in [0.2, 0.25) is 0 Å². The van der Waals surface area contributed by atoms with Crippen LogP contribution in [-0.2, 0) is 0 Å². The van der Waals surface area contributed by atoms with Crippen LogP contribution in [0.3, 0.4) is 0 Å². The van der Waals surface area contributed by atoms with E-state index in [-0.39, 0.29) is 0 Å². The molecule has 3 nitrogen and oxygen atoms in total. The van der Waals surface area contributed by atoms with Crippen LogP contribution in [0.5, 0.6) is 0 Å². The molecular formula is C8H3F2NO2. The van der Waals surface area contributed by atoms with Gasteiger partial charge in [-0.1, -0.05) is 0 Å². The maximum absolute atomic E-state index is 12.9. The van der Waals surface area contributed by atoms with Crippen molar-refractivity contribution in [3.05, 3.63) is 34.9 Å². The van der Waals surface area contributed by atoms with Gasteiger partial charge in [-0.2, -0.15) is 5.26 Å². The largest absolute Gasteiger partial charge is 0.478 e. The number of nitrogens with zero attached hydrogens (tertiary/aromatic N) is 1. The summed E-state index contributed by atoms with van der Waals surface area (Å²) in [5.41, 5.74) is -1.59. The van der Waals surface area contributed by atoms with Crippen molar-refractivity contribution in [2.75, 3.05) is 0 Å². The molecule has 0 heterocycles.